The average Bonchev–Trinajstić information content (AvgIpc) is 2.40. The van der Waals surface area contributed by atoms with Gasteiger partial charge in [-0.3, -0.25) is 10.2 Å². The molecular weight excluding hydrogens is 363 g/mol. The molecule has 0 aromatic carbocycles. The zero-order valence-electron chi connectivity index (χ0n) is 12.4. The number of phosphoric acid groups is 1. The second kappa shape index (κ2) is 15.5. The molecule has 0 aliphatic heterocycles. The quantitative estimate of drug-likeness (QED) is 0.0656. The van der Waals surface area contributed by atoms with Gasteiger partial charge in [0, 0.05) is 6.54 Å². The Labute approximate surface area is 162 Å². The Morgan fingerprint density at radius 3 is 2.30 bits per heavy atom. The Bertz CT molecular complexity index is 383. The van der Waals surface area contributed by atoms with E-state index in [0.29, 0.717) is 19.4 Å². The largest absolute Gasteiger partial charge is 2.00 e. The van der Waals surface area contributed by atoms with Gasteiger partial charge in [0.2, 0.25) is 0 Å². The molecule has 14 heteroatoms. The zero-order chi connectivity index (χ0) is 17.8. The fourth-order valence-electron chi connectivity index (χ4n) is 0.899. The Morgan fingerprint density at radius 1 is 1.43 bits per heavy atom. The second-order valence-corrected chi connectivity index (χ2v) is 5.16. The zero-order valence-corrected chi connectivity index (χ0v) is 15.5. The Balaban J connectivity index is -0.000000338. The summed E-state index contributed by atoms with van der Waals surface area (Å²) in [5, 5.41) is 34.3. The van der Waals surface area contributed by atoms with E-state index >= 15 is 0 Å². The number of hydrogen-bond acceptors (Lipinski definition) is 9. The molecule has 0 radical (unpaired) electrons. The maximum atomic E-state index is 10.2. The number of carbonyl (C=O) groups is 1. The van der Waals surface area contributed by atoms with Crippen molar-refractivity contribution >= 4 is 57.5 Å². The van der Waals surface area contributed by atoms with Gasteiger partial charge in [0.1, 0.15) is 12.1 Å². The summed E-state index contributed by atoms with van der Waals surface area (Å²) in [4.78, 5) is 29.6. The molecule has 0 fully saturated rings. The standard InChI is InChI=1S/C6H14N4O2.C3H9O6P.Ca/c7-4(5(11)12)2-1-3-10-6(8)9;4-1-3(5)2-9-10(6,7)8;/h4H,1-3,7H2,(H,11,12)(H4,8,9,10);3-5H,1-2H2,(H2,6,7,8);/q;;+2/p-2. The number of rotatable bonds is 9. The Kier molecular flexibility index (Phi) is 18.8. The minimum Gasteiger partial charge on any atom is -0.790 e. The predicted octanol–water partition coefficient (Wildman–Crippen LogP) is -4.53. The van der Waals surface area contributed by atoms with Crippen molar-refractivity contribution in [1.82, 2.24) is 5.32 Å². The van der Waals surface area contributed by atoms with Gasteiger partial charge < -0.3 is 51.0 Å². The molecule has 2 unspecified atom stereocenters. The van der Waals surface area contributed by atoms with Crippen LogP contribution in [-0.4, -0.2) is 96.9 Å². The van der Waals surface area contributed by atoms with E-state index in [0.717, 1.165) is 0 Å². The number of aliphatic carboxylic acids is 1. The molecule has 0 bridgehead atoms. The maximum Gasteiger partial charge on any atom is 2.00 e. The second-order valence-electron chi connectivity index (χ2n) is 4.01. The van der Waals surface area contributed by atoms with Crippen LogP contribution in [0, 0.1) is 5.41 Å². The van der Waals surface area contributed by atoms with Crippen LogP contribution < -0.4 is 26.6 Å². The van der Waals surface area contributed by atoms with Gasteiger partial charge in [-0.15, -0.1) is 0 Å². The van der Waals surface area contributed by atoms with Crippen LogP contribution in [0.15, 0.2) is 0 Å². The fraction of sp³-hybridized carbons (Fsp3) is 0.778. The SMILES string of the molecule is N=C(N)NCCCC(N)C(=O)O.O=P([O-])([O-])OCC(O)CO.[Ca+2]. The molecule has 0 aliphatic carbocycles. The van der Waals surface area contributed by atoms with Gasteiger partial charge in [-0.25, -0.2) is 0 Å². The van der Waals surface area contributed by atoms with E-state index in [9.17, 15) is 19.1 Å². The molecule has 132 valence electrons. The van der Waals surface area contributed by atoms with Crippen LogP contribution in [0.5, 0.6) is 0 Å². The van der Waals surface area contributed by atoms with Gasteiger partial charge in [-0.2, -0.15) is 0 Å². The molecule has 0 saturated carbocycles. The monoisotopic (exact) mass is 384 g/mol. The number of guanidine groups is 1. The number of aliphatic hydroxyl groups excluding tert-OH is 2. The average molecular weight is 384 g/mol. The first-order valence-corrected chi connectivity index (χ1v) is 7.47. The minimum absolute atomic E-state index is 0. The van der Waals surface area contributed by atoms with E-state index in [1.165, 1.54) is 0 Å². The molecule has 9 N–H and O–H groups in total. The van der Waals surface area contributed by atoms with E-state index in [4.69, 9.17) is 32.2 Å². The van der Waals surface area contributed by atoms with Crippen molar-refractivity contribution in [3.05, 3.63) is 0 Å². The number of nitrogens with one attached hydrogen (secondary N) is 2. The van der Waals surface area contributed by atoms with Crippen LogP contribution >= 0.6 is 7.82 Å². The molecule has 23 heavy (non-hydrogen) atoms. The number of hydrogen-bond donors (Lipinski definition) is 7. The van der Waals surface area contributed by atoms with Gasteiger partial charge in [-0.1, -0.05) is 0 Å². The number of carboxylic acids is 1. The summed E-state index contributed by atoms with van der Waals surface area (Å²) in [7, 11) is -5.00. The minimum atomic E-state index is -5.00. The summed E-state index contributed by atoms with van der Waals surface area (Å²) in [6, 6.07) is -0.821. The van der Waals surface area contributed by atoms with E-state index in [-0.39, 0.29) is 43.7 Å². The molecule has 2 atom stereocenters. The van der Waals surface area contributed by atoms with Crippen molar-refractivity contribution in [3.63, 3.8) is 0 Å². The van der Waals surface area contributed by atoms with Gasteiger partial charge in [-0.05, 0) is 12.8 Å². The first-order valence-electron chi connectivity index (χ1n) is 6.01. The van der Waals surface area contributed by atoms with Crippen LogP contribution in [-0.2, 0) is 13.9 Å². The van der Waals surface area contributed by atoms with E-state index < -0.39 is 39.2 Å². The third kappa shape index (κ3) is 24.4. The van der Waals surface area contributed by atoms with Crippen LogP contribution in [0.3, 0.4) is 0 Å². The molecule has 0 saturated heterocycles. The first kappa shape index (κ1) is 27.8. The number of phosphoric ester groups is 1. The molecule has 0 spiro atoms. The summed E-state index contributed by atoms with van der Waals surface area (Å²) in [6.07, 6.45) is -0.348. The van der Waals surface area contributed by atoms with Crippen molar-refractivity contribution in [1.29, 1.82) is 5.41 Å². The Hall–Kier alpha value is -0.0103. The first-order chi connectivity index (χ1) is 9.99. The molecule has 0 amide bonds. The molecule has 0 aromatic heterocycles. The maximum absolute atomic E-state index is 10.2. The summed E-state index contributed by atoms with van der Waals surface area (Å²) in [5.74, 6) is -1.11. The van der Waals surface area contributed by atoms with Crippen LogP contribution in [0.4, 0.5) is 0 Å². The summed E-state index contributed by atoms with van der Waals surface area (Å²) in [5.41, 5.74) is 10.2. The van der Waals surface area contributed by atoms with Gasteiger partial charge in [0.25, 0.3) is 0 Å². The smallest absolute Gasteiger partial charge is 0.790 e. The number of aliphatic hydroxyl groups is 2. The van der Waals surface area contributed by atoms with Crippen LogP contribution in [0.1, 0.15) is 12.8 Å². The van der Waals surface area contributed by atoms with Gasteiger partial charge in [0.05, 0.1) is 21.0 Å². The van der Waals surface area contributed by atoms with Crippen molar-refractivity contribution in [2.24, 2.45) is 11.5 Å². The van der Waals surface area contributed by atoms with Crippen LogP contribution in [0.2, 0.25) is 0 Å². The van der Waals surface area contributed by atoms with Crippen molar-refractivity contribution < 1.29 is 39.0 Å². The Morgan fingerprint density at radius 2 is 1.96 bits per heavy atom. The fourth-order valence-corrected chi connectivity index (χ4v) is 1.25. The van der Waals surface area contributed by atoms with Gasteiger partial charge in [0.15, 0.2) is 5.96 Å². The summed E-state index contributed by atoms with van der Waals surface area (Å²) < 4.78 is 13.3. The van der Waals surface area contributed by atoms with Crippen molar-refractivity contribution in [3.8, 4) is 0 Å². The number of carboxylic acid groups (broad SMARTS) is 1. The van der Waals surface area contributed by atoms with Crippen molar-refractivity contribution in [2.45, 2.75) is 25.0 Å². The molecule has 12 nitrogen and oxygen atoms in total. The van der Waals surface area contributed by atoms with E-state index in [2.05, 4.69) is 9.84 Å². The molecular formula is C9H21CaN4O8P. The van der Waals surface area contributed by atoms with E-state index in [1.54, 1.807) is 0 Å². The molecule has 0 aliphatic rings. The summed E-state index contributed by atoms with van der Waals surface area (Å²) >= 11 is 0. The van der Waals surface area contributed by atoms with Gasteiger partial charge >= 0.3 is 43.7 Å². The normalized spacial score (nSPS) is 12.9. The van der Waals surface area contributed by atoms with Crippen molar-refractivity contribution in [2.75, 3.05) is 19.8 Å². The topological polar surface area (TPSA) is 238 Å². The molecule has 0 rings (SSSR count). The molecule has 0 aromatic rings. The van der Waals surface area contributed by atoms with Crippen LogP contribution in [0.25, 0.3) is 0 Å². The third-order valence-corrected chi connectivity index (χ3v) is 2.43. The summed E-state index contributed by atoms with van der Waals surface area (Å²) in [6.45, 7) is -0.850. The molecule has 0 heterocycles. The van der Waals surface area contributed by atoms with E-state index in [1.807, 2.05) is 0 Å². The predicted molar refractivity (Wildman–Crippen MR) is 77.2 cm³/mol. The number of nitrogens with two attached hydrogens (primary N) is 2. The third-order valence-electron chi connectivity index (χ3n) is 1.96.